The van der Waals surface area contributed by atoms with Crippen LogP contribution in [-0.4, -0.2) is 23.0 Å². The lowest BCUT2D eigenvalue weighted by Crippen LogP contribution is -2.30. The molecular weight excluding hydrogens is 383 g/mol. The SMILES string of the molecule is C[C@@H](OC(=O)c1sc2ccccc2c1Cl)C(=O)Nc1ccc(Cl)cn1. The molecule has 0 aliphatic heterocycles. The Hall–Kier alpha value is -2.15. The Morgan fingerprint density at radius 3 is 2.64 bits per heavy atom. The Balaban J connectivity index is 1.69. The van der Waals surface area contributed by atoms with Gasteiger partial charge >= 0.3 is 5.97 Å². The first-order valence-electron chi connectivity index (χ1n) is 7.26. The summed E-state index contributed by atoms with van der Waals surface area (Å²) in [5.74, 6) is -0.824. The average molecular weight is 395 g/mol. The second kappa shape index (κ2) is 7.39. The number of halogens is 2. The Morgan fingerprint density at radius 1 is 1.20 bits per heavy atom. The quantitative estimate of drug-likeness (QED) is 0.646. The zero-order valence-corrected chi connectivity index (χ0v) is 15.3. The largest absolute Gasteiger partial charge is 0.448 e. The van der Waals surface area contributed by atoms with Gasteiger partial charge in [0, 0.05) is 16.3 Å². The maximum atomic E-state index is 12.3. The summed E-state index contributed by atoms with van der Waals surface area (Å²) in [5, 5.41) is 4.12. The van der Waals surface area contributed by atoms with Crippen molar-refractivity contribution in [2.45, 2.75) is 13.0 Å². The number of ether oxygens (including phenoxy) is 1. The number of carbonyl (C=O) groups is 2. The van der Waals surface area contributed by atoms with Gasteiger partial charge in [0.15, 0.2) is 6.10 Å². The highest BCUT2D eigenvalue weighted by Crippen LogP contribution is 2.35. The fraction of sp³-hybridized carbons (Fsp3) is 0.118. The molecule has 2 heterocycles. The van der Waals surface area contributed by atoms with Gasteiger partial charge < -0.3 is 10.1 Å². The van der Waals surface area contributed by atoms with Gasteiger partial charge in [-0.2, -0.15) is 0 Å². The second-order valence-corrected chi connectivity index (χ2v) is 7.01. The van der Waals surface area contributed by atoms with Gasteiger partial charge in [0.1, 0.15) is 10.7 Å². The molecule has 5 nitrogen and oxygen atoms in total. The maximum Gasteiger partial charge on any atom is 0.350 e. The van der Waals surface area contributed by atoms with Crippen LogP contribution in [0.3, 0.4) is 0 Å². The van der Waals surface area contributed by atoms with Crippen molar-refractivity contribution in [3.63, 3.8) is 0 Å². The van der Waals surface area contributed by atoms with Crippen LogP contribution in [0.2, 0.25) is 10.0 Å². The average Bonchev–Trinajstić information content (AvgIpc) is 2.94. The monoisotopic (exact) mass is 394 g/mol. The van der Waals surface area contributed by atoms with Crippen molar-refractivity contribution in [1.82, 2.24) is 4.98 Å². The summed E-state index contributed by atoms with van der Waals surface area (Å²) in [6.45, 7) is 1.48. The summed E-state index contributed by atoms with van der Waals surface area (Å²) in [6, 6.07) is 10.5. The van der Waals surface area contributed by atoms with E-state index in [1.807, 2.05) is 24.3 Å². The van der Waals surface area contributed by atoms with E-state index in [0.717, 1.165) is 10.1 Å². The topological polar surface area (TPSA) is 68.3 Å². The van der Waals surface area contributed by atoms with Crippen LogP contribution in [0.5, 0.6) is 0 Å². The number of anilines is 1. The molecule has 1 aromatic carbocycles. The lowest BCUT2D eigenvalue weighted by atomic mass is 10.2. The Morgan fingerprint density at radius 2 is 1.96 bits per heavy atom. The van der Waals surface area contributed by atoms with E-state index in [-0.39, 0.29) is 4.88 Å². The highest BCUT2D eigenvalue weighted by molar-refractivity contribution is 7.21. The summed E-state index contributed by atoms with van der Waals surface area (Å²) in [4.78, 5) is 28.7. The number of aromatic nitrogens is 1. The summed E-state index contributed by atoms with van der Waals surface area (Å²) in [5.41, 5.74) is 0. The van der Waals surface area contributed by atoms with E-state index in [1.165, 1.54) is 24.5 Å². The first-order valence-corrected chi connectivity index (χ1v) is 8.83. The molecule has 25 heavy (non-hydrogen) atoms. The van der Waals surface area contributed by atoms with Gasteiger partial charge in [0.2, 0.25) is 0 Å². The van der Waals surface area contributed by atoms with Crippen LogP contribution in [0.4, 0.5) is 5.82 Å². The molecule has 3 aromatic rings. The van der Waals surface area contributed by atoms with Crippen LogP contribution < -0.4 is 5.32 Å². The maximum absolute atomic E-state index is 12.3. The van der Waals surface area contributed by atoms with Crippen molar-refractivity contribution in [3.05, 3.63) is 57.5 Å². The number of benzene rings is 1. The van der Waals surface area contributed by atoms with E-state index in [2.05, 4.69) is 10.3 Å². The van der Waals surface area contributed by atoms with Crippen molar-refractivity contribution >= 4 is 62.3 Å². The molecule has 3 rings (SSSR count). The molecule has 0 aliphatic rings. The number of esters is 1. The van der Waals surface area contributed by atoms with Crippen LogP contribution in [0, 0.1) is 0 Å². The molecule has 0 radical (unpaired) electrons. The number of nitrogens with one attached hydrogen (secondary N) is 1. The van der Waals surface area contributed by atoms with E-state index in [0.29, 0.717) is 15.9 Å². The summed E-state index contributed by atoms with van der Waals surface area (Å²) in [7, 11) is 0. The molecule has 128 valence electrons. The lowest BCUT2D eigenvalue weighted by molar-refractivity contribution is -0.123. The first-order chi connectivity index (χ1) is 12.0. The predicted octanol–water partition coefficient (Wildman–Crippen LogP) is 4.79. The first kappa shape index (κ1) is 17.7. The van der Waals surface area contributed by atoms with Gasteiger partial charge in [-0.1, -0.05) is 41.4 Å². The van der Waals surface area contributed by atoms with Crippen LogP contribution in [0.1, 0.15) is 16.6 Å². The number of carbonyl (C=O) groups excluding carboxylic acids is 2. The number of fused-ring (bicyclic) bond motifs is 1. The minimum absolute atomic E-state index is 0.270. The minimum atomic E-state index is -1.01. The van der Waals surface area contributed by atoms with Gasteiger partial charge in [0.05, 0.1) is 10.0 Å². The lowest BCUT2D eigenvalue weighted by Gasteiger charge is -2.12. The number of rotatable bonds is 4. The van der Waals surface area contributed by atoms with Gasteiger partial charge in [-0.25, -0.2) is 9.78 Å². The molecule has 2 aromatic heterocycles. The van der Waals surface area contributed by atoms with Crippen LogP contribution in [0.15, 0.2) is 42.6 Å². The van der Waals surface area contributed by atoms with Crippen LogP contribution in [-0.2, 0) is 9.53 Å². The van der Waals surface area contributed by atoms with Crippen LogP contribution >= 0.6 is 34.5 Å². The van der Waals surface area contributed by atoms with E-state index >= 15 is 0 Å². The number of thiophene rings is 1. The molecule has 0 spiro atoms. The second-order valence-electron chi connectivity index (χ2n) is 5.14. The molecule has 0 saturated carbocycles. The van der Waals surface area contributed by atoms with Gasteiger partial charge in [0.25, 0.3) is 5.91 Å². The number of hydrogen-bond acceptors (Lipinski definition) is 5. The fourth-order valence-electron chi connectivity index (χ4n) is 2.09. The van der Waals surface area contributed by atoms with Crippen molar-refractivity contribution < 1.29 is 14.3 Å². The summed E-state index contributed by atoms with van der Waals surface area (Å²) < 4.78 is 6.10. The Kier molecular flexibility index (Phi) is 5.22. The van der Waals surface area contributed by atoms with E-state index in [1.54, 1.807) is 12.1 Å². The smallest absolute Gasteiger partial charge is 0.350 e. The van der Waals surface area contributed by atoms with Crippen molar-refractivity contribution in [1.29, 1.82) is 0 Å². The Labute approximate surface area is 157 Å². The zero-order valence-electron chi connectivity index (χ0n) is 13.0. The highest BCUT2D eigenvalue weighted by Gasteiger charge is 2.23. The molecule has 8 heteroatoms. The highest BCUT2D eigenvalue weighted by atomic mass is 35.5. The molecule has 0 bridgehead atoms. The van der Waals surface area contributed by atoms with Gasteiger partial charge in [-0.3, -0.25) is 4.79 Å². The number of pyridine rings is 1. The summed E-state index contributed by atoms with van der Waals surface area (Å²) >= 11 is 13.2. The molecule has 0 fully saturated rings. The number of hydrogen-bond donors (Lipinski definition) is 1. The molecular formula is C17H12Cl2N2O3S. The standard InChI is InChI=1S/C17H12Cl2N2O3S/c1-9(16(22)21-13-7-6-10(18)8-20-13)24-17(23)15-14(19)11-4-2-3-5-12(11)25-15/h2-9H,1H3,(H,20,21,22)/t9-/m1/s1. The third kappa shape index (κ3) is 3.92. The van der Waals surface area contributed by atoms with Gasteiger partial charge in [-0.05, 0) is 25.1 Å². The zero-order chi connectivity index (χ0) is 18.0. The van der Waals surface area contributed by atoms with Crippen molar-refractivity contribution in [3.8, 4) is 0 Å². The molecule has 0 unspecified atom stereocenters. The minimum Gasteiger partial charge on any atom is -0.448 e. The normalized spacial score (nSPS) is 12.0. The van der Waals surface area contributed by atoms with E-state index < -0.39 is 18.0 Å². The predicted molar refractivity (Wildman–Crippen MR) is 99.6 cm³/mol. The number of amides is 1. The number of nitrogens with zero attached hydrogens (tertiary/aromatic N) is 1. The third-order valence-electron chi connectivity index (χ3n) is 3.35. The molecule has 1 amide bonds. The van der Waals surface area contributed by atoms with Crippen LogP contribution in [0.25, 0.3) is 10.1 Å². The fourth-order valence-corrected chi connectivity index (χ4v) is 3.59. The molecule has 1 atom stereocenters. The third-order valence-corrected chi connectivity index (χ3v) is 5.23. The van der Waals surface area contributed by atoms with E-state index in [4.69, 9.17) is 27.9 Å². The molecule has 1 N–H and O–H groups in total. The Bertz CT molecular complexity index is 941. The molecule has 0 saturated heterocycles. The molecule has 0 aliphatic carbocycles. The summed E-state index contributed by atoms with van der Waals surface area (Å²) in [6.07, 6.45) is 0.399. The van der Waals surface area contributed by atoms with E-state index in [9.17, 15) is 9.59 Å². The van der Waals surface area contributed by atoms with Gasteiger partial charge in [-0.15, -0.1) is 11.3 Å². The van der Waals surface area contributed by atoms with Crippen molar-refractivity contribution in [2.24, 2.45) is 0 Å². The van der Waals surface area contributed by atoms with Crippen molar-refractivity contribution in [2.75, 3.05) is 5.32 Å².